The molecule has 1 saturated heterocycles. The van der Waals surface area contributed by atoms with E-state index >= 15 is 0 Å². The van der Waals surface area contributed by atoms with Gasteiger partial charge in [0.15, 0.2) is 0 Å². The smallest absolute Gasteiger partial charge is 0.251 e. The van der Waals surface area contributed by atoms with Gasteiger partial charge >= 0.3 is 0 Å². The number of hydrogen-bond acceptors (Lipinski definition) is 3. The van der Waals surface area contributed by atoms with E-state index in [9.17, 15) is 13.2 Å². The number of sulfonamides is 1. The van der Waals surface area contributed by atoms with E-state index in [1.54, 1.807) is 6.07 Å². The lowest BCUT2D eigenvalue weighted by atomic mass is 9.99. The minimum absolute atomic E-state index is 0.0294. The van der Waals surface area contributed by atoms with Gasteiger partial charge < -0.3 is 5.32 Å². The Kier molecular flexibility index (Phi) is 9.25. The van der Waals surface area contributed by atoms with Crippen molar-refractivity contribution in [3.05, 3.63) is 28.8 Å². The van der Waals surface area contributed by atoms with Gasteiger partial charge in [-0.1, -0.05) is 57.6 Å². The first kappa shape index (κ1) is 23.2. The Hall–Kier alpha value is -1.11. The Labute approximate surface area is 174 Å². The second-order valence-corrected chi connectivity index (χ2v) is 9.90. The van der Waals surface area contributed by atoms with Crippen molar-refractivity contribution in [1.29, 1.82) is 0 Å². The maximum absolute atomic E-state index is 13.1. The fourth-order valence-electron chi connectivity index (χ4n) is 3.55. The van der Waals surface area contributed by atoms with Crippen LogP contribution in [0, 0.1) is 5.92 Å². The molecule has 0 aliphatic carbocycles. The van der Waals surface area contributed by atoms with Crippen LogP contribution in [0.1, 0.15) is 75.6 Å². The summed E-state index contributed by atoms with van der Waals surface area (Å²) in [4.78, 5) is 12.6. The molecule has 0 unspecified atom stereocenters. The number of halogens is 1. The molecule has 158 valence electrons. The Bertz CT molecular complexity index is 744. The van der Waals surface area contributed by atoms with Crippen molar-refractivity contribution in [2.24, 2.45) is 5.92 Å². The van der Waals surface area contributed by atoms with Gasteiger partial charge in [-0.05, 0) is 43.4 Å². The first-order valence-electron chi connectivity index (χ1n) is 10.5. The molecule has 0 bridgehead atoms. The van der Waals surface area contributed by atoms with Crippen molar-refractivity contribution in [2.75, 3.05) is 19.6 Å². The molecule has 2 rings (SSSR count). The number of amides is 1. The van der Waals surface area contributed by atoms with E-state index in [0.717, 1.165) is 51.4 Å². The predicted octanol–water partition coefficient (Wildman–Crippen LogP) is 4.85. The molecular formula is C21H33ClN2O3S. The first-order chi connectivity index (χ1) is 13.4. The van der Waals surface area contributed by atoms with Crippen LogP contribution in [0.2, 0.25) is 5.02 Å². The van der Waals surface area contributed by atoms with Gasteiger partial charge in [-0.25, -0.2) is 8.42 Å². The molecule has 1 aliphatic rings. The maximum Gasteiger partial charge on any atom is 0.251 e. The minimum atomic E-state index is -3.70. The molecule has 1 heterocycles. The number of rotatable bonds is 9. The summed E-state index contributed by atoms with van der Waals surface area (Å²) in [5.41, 5.74) is 0.336. The zero-order valence-electron chi connectivity index (χ0n) is 17.0. The fraction of sp³-hybridized carbons (Fsp3) is 0.667. The van der Waals surface area contributed by atoms with Crippen LogP contribution in [-0.2, 0) is 10.0 Å². The summed E-state index contributed by atoms with van der Waals surface area (Å²) in [5, 5.41) is 3.12. The standard InChI is InChI=1S/C21H33ClN2O3S/c1-3-5-10-17(4-2)16-23-21(25)18-11-12-19(22)20(15-18)28(26,27)24-13-8-6-7-9-14-24/h11-12,15,17H,3-10,13-14,16H2,1-2H3,(H,23,25)/t17-/m0/s1. The average molecular weight is 429 g/mol. The van der Waals surface area contributed by atoms with Crippen LogP contribution in [0.5, 0.6) is 0 Å². The van der Waals surface area contributed by atoms with Gasteiger partial charge in [0.05, 0.1) is 5.02 Å². The van der Waals surface area contributed by atoms with Crippen molar-refractivity contribution in [2.45, 2.75) is 70.1 Å². The highest BCUT2D eigenvalue weighted by Gasteiger charge is 2.28. The lowest BCUT2D eigenvalue weighted by molar-refractivity contribution is 0.0945. The van der Waals surface area contributed by atoms with E-state index in [1.165, 1.54) is 16.4 Å². The van der Waals surface area contributed by atoms with Gasteiger partial charge in [0.2, 0.25) is 10.0 Å². The summed E-state index contributed by atoms with van der Waals surface area (Å²) < 4.78 is 27.7. The molecule has 1 aliphatic heterocycles. The van der Waals surface area contributed by atoms with Crippen molar-refractivity contribution in [1.82, 2.24) is 9.62 Å². The number of nitrogens with one attached hydrogen (secondary N) is 1. The summed E-state index contributed by atoms with van der Waals surface area (Å²) in [7, 11) is -3.70. The molecule has 1 aromatic carbocycles. The van der Waals surface area contributed by atoms with Crippen molar-refractivity contribution < 1.29 is 13.2 Å². The molecule has 0 saturated carbocycles. The van der Waals surface area contributed by atoms with Crippen LogP contribution in [0.3, 0.4) is 0 Å². The number of hydrogen-bond donors (Lipinski definition) is 1. The summed E-state index contributed by atoms with van der Waals surface area (Å²) in [6, 6.07) is 4.52. The van der Waals surface area contributed by atoms with Crippen molar-refractivity contribution in [3.63, 3.8) is 0 Å². The highest BCUT2D eigenvalue weighted by molar-refractivity contribution is 7.89. The van der Waals surface area contributed by atoms with E-state index in [1.807, 2.05) is 0 Å². The second-order valence-electron chi connectivity index (χ2n) is 7.59. The lowest BCUT2D eigenvalue weighted by Gasteiger charge is -2.21. The molecule has 28 heavy (non-hydrogen) atoms. The topological polar surface area (TPSA) is 66.5 Å². The largest absolute Gasteiger partial charge is 0.352 e. The van der Waals surface area contributed by atoms with Crippen LogP contribution in [-0.4, -0.2) is 38.3 Å². The number of carbonyl (C=O) groups is 1. The zero-order valence-corrected chi connectivity index (χ0v) is 18.6. The van der Waals surface area contributed by atoms with E-state index in [2.05, 4.69) is 19.2 Å². The van der Waals surface area contributed by atoms with Gasteiger partial charge in [0.1, 0.15) is 4.90 Å². The maximum atomic E-state index is 13.1. The molecule has 7 heteroatoms. The summed E-state index contributed by atoms with van der Waals surface area (Å²) in [6.07, 6.45) is 8.17. The van der Waals surface area contributed by atoms with Crippen LogP contribution < -0.4 is 5.32 Å². The predicted molar refractivity (Wildman–Crippen MR) is 114 cm³/mol. The third kappa shape index (κ3) is 6.19. The Morgan fingerprint density at radius 3 is 2.46 bits per heavy atom. The number of nitrogens with zero attached hydrogens (tertiary/aromatic N) is 1. The Morgan fingerprint density at radius 2 is 1.86 bits per heavy atom. The van der Waals surface area contributed by atoms with Crippen LogP contribution in [0.4, 0.5) is 0 Å². The summed E-state index contributed by atoms with van der Waals surface area (Å²) >= 11 is 6.22. The average Bonchev–Trinajstić information content (AvgIpc) is 2.98. The molecule has 1 aromatic rings. The third-order valence-electron chi connectivity index (χ3n) is 5.47. The quantitative estimate of drug-likeness (QED) is 0.611. The molecule has 1 amide bonds. The highest BCUT2D eigenvalue weighted by atomic mass is 35.5. The SMILES string of the molecule is CCCC[C@H](CC)CNC(=O)c1ccc(Cl)c(S(=O)(=O)N2CCCCCC2)c1. The van der Waals surface area contributed by atoms with Gasteiger partial charge in [-0.3, -0.25) is 4.79 Å². The molecule has 0 spiro atoms. The van der Waals surface area contributed by atoms with E-state index < -0.39 is 10.0 Å². The Morgan fingerprint density at radius 1 is 1.18 bits per heavy atom. The zero-order chi connectivity index (χ0) is 20.6. The first-order valence-corrected chi connectivity index (χ1v) is 12.3. The molecule has 0 aromatic heterocycles. The second kappa shape index (κ2) is 11.2. The molecule has 1 N–H and O–H groups in total. The van der Waals surface area contributed by atoms with Crippen LogP contribution >= 0.6 is 11.6 Å². The molecule has 5 nitrogen and oxygen atoms in total. The van der Waals surface area contributed by atoms with Gasteiger partial charge in [-0.2, -0.15) is 4.31 Å². The third-order valence-corrected chi connectivity index (χ3v) is 7.85. The normalized spacial score (nSPS) is 17.1. The van der Waals surface area contributed by atoms with E-state index in [-0.39, 0.29) is 15.8 Å². The Balaban J connectivity index is 2.14. The molecule has 1 fully saturated rings. The molecule has 1 atom stereocenters. The van der Waals surface area contributed by atoms with Crippen molar-refractivity contribution >= 4 is 27.5 Å². The fourth-order valence-corrected chi connectivity index (χ4v) is 5.56. The van der Waals surface area contributed by atoms with Gasteiger partial charge in [-0.15, -0.1) is 0 Å². The lowest BCUT2D eigenvalue weighted by Crippen LogP contribution is -2.33. The van der Waals surface area contributed by atoms with Gasteiger partial charge in [0.25, 0.3) is 5.91 Å². The van der Waals surface area contributed by atoms with Crippen LogP contribution in [0.25, 0.3) is 0 Å². The number of unbranched alkanes of at least 4 members (excludes halogenated alkanes) is 1. The minimum Gasteiger partial charge on any atom is -0.352 e. The highest BCUT2D eigenvalue weighted by Crippen LogP contribution is 2.27. The summed E-state index contributed by atoms with van der Waals surface area (Å²) in [6.45, 7) is 5.90. The molecule has 0 radical (unpaired) electrons. The van der Waals surface area contributed by atoms with Crippen molar-refractivity contribution in [3.8, 4) is 0 Å². The van der Waals surface area contributed by atoms with Gasteiger partial charge in [0, 0.05) is 25.2 Å². The van der Waals surface area contributed by atoms with E-state index in [0.29, 0.717) is 31.1 Å². The number of benzene rings is 1. The van der Waals surface area contributed by atoms with Crippen LogP contribution in [0.15, 0.2) is 23.1 Å². The summed E-state index contributed by atoms with van der Waals surface area (Å²) in [5.74, 6) is 0.190. The van der Waals surface area contributed by atoms with E-state index in [4.69, 9.17) is 11.6 Å². The monoisotopic (exact) mass is 428 g/mol. The molecular weight excluding hydrogens is 396 g/mol. The number of carbonyl (C=O) groups excluding carboxylic acids is 1.